The number of hydrogen-bond donors (Lipinski definition) is 1. The molecule has 0 fully saturated rings. The highest BCUT2D eigenvalue weighted by Crippen LogP contribution is 2.07. The molecule has 0 saturated heterocycles. The van der Waals surface area contributed by atoms with Crippen molar-refractivity contribution in [2.24, 2.45) is 0 Å². The molecule has 0 radical (unpaired) electrons. The van der Waals surface area contributed by atoms with Crippen molar-refractivity contribution < 1.29 is 19.4 Å². The van der Waals surface area contributed by atoms with Gasteiger partial charge in [0.25, 0.3) is 0 Å². The molecule has 0 saturated carbocycles. The van der Waals surface area contributed by atoms with Gasteiger partial charge in [0.15, 0.2) is 11.5 Å². The van der Waals surface area contributed by atoms with Crippen molar-refractivity contribution in [1.82, 2.24) is 14.8 Å². The minimum Gasteiger partial charge on any atom is -0.478 e. The van der Waals surface area contributed by atoms with Crippen molar-refractivity contribution in [3.8, 4) is 5.82 Å². The average Bonchev–Trinajstić information content (AvgIpc) is 2.89. The summed E-state index contributed by atoms with van der Waals surface area (Å²) in [7, 11) is 0. The number of carbonyl (C=O) groups excluding carboxylic acids is 1. The van der Waals surface area contributed by atoms with Gasteiger partial charge < -0.3 is 9.84 Å². The minimum atomic E-state index is -1.05. The molecule has 0 aliphatic heterocycles. The molecule has 2 aromatic heterocycles. The molecule has 2 heterocycles. The Balaban J connectivity index is 2.23. The van der Waals surface area contributed by atoms with Gasteiger partial charge in [0.1, 0.15) is 0 Å². The quantitative estimate of drug-likeness (QED) is 0.829. The maximum absolute atomic E-state index is 11.4. The van der Waals surface area contributed by atoms with Crippen LogP contribution in [0.15, 0.2) is 30.6 Å². The molecule has 2 aromatic rings. The lowest BCUT2D eigenvalue weighted by Crippen LogP contribution is -2.07. The normalized spacial score (nSPS) is 10.2. The predicted octanol–water partition coefficient (Wildman–Crippen LogP) is 1.14. The summed E-state index contributed by atoms with van der Waals surface area (Å²) in [6.45, 7) is 1.98. The zero-order chi connectivity index (χ0) is 13.8. The van der Waals surface area contributed by atoms with Gasteiger partial charge in [-0.3, -0.25) is 0 Å². The second-order valence-corrected chi connectivity index (χ2v) is 3.58. The number of carboxylic acid groups (broad SMARTS) is 1. The van der Waals surface area contributed by atoms with Crippen LogP contribution >= 0.6 is 0 Å². The van der Waals surface area contributed by atoms with Crippen LogP contribution in [0.4, 0.5) is 0 Å². The fraction of sp³-hybridized carbons (Fsp3) is 0.167. The molecule has 7 nitrogen and oxygen atoms in total. The molecule has 0 aliphatic rings. The average molecular weight is 261 g/mol. The topological polar surface area (TPSA) is 94.3 Å². The van der Waals surface area contributed by atoms with Crippen molar-refractivity contribution in [2.45, 2.75) is 6.92 Å². The Kier molecular flexibility index (Phi) is 3.56. The second-order valence-electron chi connectivity index (χ2n) is 3.58. The molecule has 0 amide bonds. The third-order valence-corrected chi connectivity index (χ3v) is 2.30. The fourth-order valence-electron chi connectivity index (χ4n) is 1.41. The van der Waals surface area contributed by atoms with Crippen molar-refractivity contribution in [3.05, 3.63) is 41.9 Å². The van der Waals surface area contributed by atoms with E-state index >= 15 is 0 Å². The van der Waals surface area contributed by atoms with Crippen LogP contribution < -0.4 is 0 Å². The highest BCUT2D eigenvalue weighted by atomic mass is 16.5. The molecule has 7 heteroatoms. The van der Waals surface area contributed by atoms with E-state index in [0.717, 1.165) is 0 Å². The van der Waals surface area contributed by atoms with Crippen LogP contribution in [0.1, 0.15) is 27.8 Å². The molecule has 19 heavy (non-hydrogen) atoms. The maximum atomic E-state index is 11.4. The van der Waals surface area contributed by atoms with E-state index in [2.05, 4.69) is 10.1 Å². The van der Waals surface area contributed by atoms with Crippen LogP contribution in [-0.2, 0) is 4.74 Å². The summed E-state index contributed by atoms with van der Waals surface area (Å²) in [4.78, 5) is 26.1. The number of aromatic nitrogens is 3. The van der Waals surface area contributed by atoms with Crippen LogP contribution in [0.3, 0.4) is 0 Å². The van der Waals surface area contributed by atoms with Crippen LogP contribution in [0.25, 0.3) is 5.82 Å². The summed E-state index contributed by atoms with van der Waals surface area (Å²) >= 11 is 0. The Morgan fingerprint density at radius 1 is 1.37 bits per heavy atom. The Hall–Kier alpha value is -2.70. The van der Waals surface area contributed by atoms with E-state index in [1.165, 1.54) is 29.1 Å². The van der Waals surface area contributed by atoms with Crippen LogP contribution in [0, 0.1) is 0 Å². The van der Waals surface area contributed by atoms with Gasteiger partial charge in [-0.05, 0) is 25.1 Å². The summed E-state index contributed by atoms with van der Waals surface area (Å²) in [5, 5.41) is 12.8. The lowest BCUT2D eigenvalue weighted by atomic mass is 10.3. The Morgan fingerprint density at radius 3 is 2.74 bits per heavy atom. The third kappa shape index (κ3) is 2.76. The number of nitrogens with zero attached hydrogens (tertiary/aromatic N) is 3. The number of ether oxygens (including phenoxy) is 1. The first kappa shape index (κ1) is 12.7. The van der Waals surface area contributed by atoms with Crippen LogP contribution in [0.2, 0.25) is 0 Å². The van der Waals surface area contributed by atoms with Crippen molar-refractivity contribution in [3.63, 3.8) is 0 Å². The predicted molar refractivity (Wildman–Crippen MR) is 64.3 cm³/mol. The van der Waals surface area contributed by atoms with Gasteiger partial charge in [0.05, 0.1) is 12.2 Å². The molecule has 98 valence electrons. The largest absolute Gasteiger partial charge is 0.478 e. The van der Waals surface area contributed by atoms with Gasteiger partial charge >= 0.3 is 11.9 Å². The molecule has 0 atom stereocenters. The van der Waals surface area contributed by atoms with Gasteiger partial charge in [-0.15, -0.1) is 0 Å². The third-order valence-electron chi connectivity index (χ3n) is 2.30. The molecule has 0 unspecified atom stereocenters. The smallest absolute Gasteiger partial charge is 0.358 e. The van der Waals surface area contributed by atoms with Crippen molar-refractivity contribution >= 4 is 11.9 Å². The molecule has 0 aliphatic carbocycles. The fourth-order valence-corrected chi connectivity index (χ4v) is 1.41. The highest BCUT2D eigenvalue weighted by molar-refractivity contribution is 5.87. The number of hydrogen-bond acceptors (Lipinski definition) is 5. The molecule has 1 N–H and O–H groups in total. The van der Waals surface area contributed by atoms with E-state index in [0.29, 0.717) is 5.82 Å². The number of aromatic carboxylic acids is 1. The monoisotopic (exact) mass is 261 g/mol. The number of carbonyl (C=O) groups is 2. The number of rotatable bonds is 4. The Bertz CT molecular complexity index is 604. The first-order valence-corrected chi connectivity index (χ1v) is 5.54. The molecule has 0 spiro atoms. The van der Waals surface area contributed by atoms with Crippen molar-refractivity contribution in [1.29, 1.82) is 0 Å². The van der Waals surface area contributed by atoms with E-state index in [1.807, 2.05) is 0 Å². The van der Waals surface area contributed by atoms with E-state index < -0.39 is 11.9 Å². The van der Waals surface area contributed by atoms with Crippen LogP contribution in [0.5, 0.6) is 0 Å². The van der Waals surface area contributed by atoms with Gasteiger partial charge in [0, 0.05) is 12.4 Å². The van der Waals surface area contributed by atoms with Crippen molar-refractivity contribution in [2.75, 3.05) is 6.61 Å². The van der Waals surface area contributed by atoms with Crippen LogP contribution in [-0.4, -0.2) is 38.4 Å². The second kappa shape index (κ2) is 5.30. The number of carboxylic acids is 1. The first-order valence-electron chi connectivity index (χ1n) is 5.54. The summed E-state index contributed by atoms with van der Waals surface area (Å²) in [6.07, 6.45) is 2.78. The van der Waals surface area contributed by atoms with E-state index in [4.69, 9.17) is 9.84 Å². The lowest BCUT2D eigenvalue weighted by Gasteiger charge is -2.00. The lowest BCUT2D eigenvalue weighted by molar-refractivity contribution is 0.0518. The standard InChI is InChI=1S/C12H11N3O4/c1-2-19-12(18)9-5-6-15(14-9)10-4-3-8(7-13-10)11(16)17/h3-7H,2H2,1H3,(H,16,17). The molecular formula is C12H11N3O4. The zero-order valence-electron chi connectivity index (χ0n) is 10.1. The van der Waals surface area contributed by atoms with E-state index in [9.17, 15) is 9.59 Å². The van der Waals surface area contributed by atoms with Gasteiger partial charge in [-0.2, -0.15) is 5.10 Å². The summed E-state index contributed by atoms with van der Waals surface area (Å²) in [6, 6.07) is 4.42. The summed E-state index contributed by atoms with van der Waals surface area (Å²) in [5.41, 5.74) is 0.257. The van der Waals surface area contributed by atoms with Gasteiger partial charge in [-0.1, -0.05) is 0 Å². The van der Waals surface area contributed by atoms with E-state index in [1.54, 1.807) is 13.1 Å². The Labute approximate surface area is 108 Å². The van der Waals surface area contributed by atoms with Gasteiger partial charge in [-0.25, -0.2) is 19.3 Å². The molecule has 2 rings (SSSR count). The van der Waals surface area contributed by atoms with E-state index in [-0.39, 0.29) is 17.9 Å². The number of esters is 1. The maximum Gasteiger partial charge on any atom is 0.358 e. The number of pyridine rings is 1. The highest BCUT2D eigenvalue weighted by Gasteiger charge is 2.11. The summed E-state index contributed by atoms with van der Waals surface area (Å²) in [5.74, 6) is -1.14. The zero-order valence-corrected chi connectivity index (χ0v) is 10.1. The first-order chi connectivity index (χ1) is 9.11. The SMILES string of the molecule is CCOC(=O)c1ccn(-c2ccc(C(=O)O)cn2)n1. The summed E-state index contributed by atoms with van der Waals surface area (Å²) < 4.78 is 6.19. The molecular weight excluding hydrogens is 250 g/mol. The minimum absolute atomic E-state index is 0.0847. The molecule has 0 aromatic carbocycles. The van der Waals surface area contributed by atoms with Gasteiger partial charge in [0.2, 0.25) is 0 Å². The Morgan fingerprint density at radius 2 is 2.16 bits per heavy atom. The molecule has 0 bridgehead atoms.